The molecule has 1 N–H and O–H groups in total. The molecule has 1 aliphatic rings. The molecule has 122 valence electrons. The summed E-state index contributed by atoms with van der Waals surface area (Å²) in [6.45, 7) is 6.81. The van der Waals surface area contributed by atoms with E-state index in [1.807, 2.05) is 39.0 Å². The van der Waals surface area contributed by atoms with Crippen LogP contribution in [-0.4, -0.2) is 30.8 Å². The van der Waals surface area contributed by atoms with Gasteiger partial charge in [-0.1, -0.05) is 33.6 Å². The van der Waals surface area contributed by atoms with E-state index in [2.05, 4.69) is 21.2 Å². The number of carbonyl (C=O) groups is 1. The quantitative estimate of drug-likeness (QED) is 0.779. The zero-order chi connectivity index (χ0) is 16.3. The third kappa shape index (κ3) is 4.69. The fraction of sp³-hybridized carbons (Fsp3) is 0.562. The van der Waals surface area contributed by atoms with E-state index < -0.39 is 11.7 Å². The van der Waals surface area contributed by atoms with Crippen LogP contribution in [0.4, 0.5) is 0 Å². The van der Waals surface area contributed by atoms with Crippen LogP contribution in [0.3, 0.4) is 0 Å². The van der Waals surface area contributed by atoms with Gasteiger partial charge in [0.2, 0.25) is 0 Å². The van der Waals surface area contributed by atoms with Crippen molar-refractivity contribution in [1.82, 2.24) is 5.32 Å². The standard InChI is InChI=1S/C16H21BrClNO3/c1-16(2,3)22-15(20)14-13(19-7-4-8-21-14)11-6-5-10(17)9-12(11)18/h5-6,9,13-14,19H,4,7-8H2,1-3H3. The number of esters is 1. The molecular weight excluding hydrogens is 370 g/mol. The van der Waals surface area contributed by atoms with Gasteiger partial charge in [0.25, 0.3) is 0 Å². The number of benzene rings is 1. The molecule has 1 heterocycles. The van der Waals surface area contributed by atoms with Crippen molar-refractivity contribution < 1.29 is 14.3 Å². The van der Waals surface area contributed by atoms with Crippen LogP contribution < -0.4 is 5.32 Å². The number of carbonyl (C=O) groups excluding carboxylic acids is 1. The fourth-order valence-corrected chi connectivity index (χ4v) is 3.13. The van der Waals surface area contributed by atoms with Crippen LogP contribution in [0.2, 0.25) is 5.02 Å². The Bertz CT molecular complexity index is 545. The normalized spacial score (nSPS) is 23.0. The summed E-state index contributed by atoms with van der Waals surface area (Å²) in [5, 5.41) is 3.94. The molecule has 22 heavy (non-hydrogen) atoms. The Labute approximate surface area is 144 Å². The summed E-state index contributed by atoms with van der Waals surface area (Å²) >= 11 is 9.73. The van der Waals surface area contributed by atoms with Crippen molar-refractivity contribution in [2.75, 3.05) is 13.2 Å². The van der Waals surface area contributed by atoms with E-state index in [1.54, 1.807) is 0 Å². The van der Waals surface area contributed by atoms with Crippen LogP contribution in [0.15, 0.2) is 22.7 Å². The first-order chi connectivity index (χ1) is 10.3. The van der Waals surface area contributed by atoms with Crippen LogP contribution in [0.25, 0.3) is 0 Å². The predicted molar refractivity (Wildman–Crippen MR) is 90.1 cm³/mol. The molecule has 6 heteroatoms. The van der Waals surface area contributed by atoms with Gasteiger partial charge in [0.15, 0.2) is 6.10 Å². The van der Waals surface area contributed by atoms with Crippen LogP contribution in [0.1, 0.15) is 38.8 Å². The Balaban J connectivity index is 2.29. The summed E-state index contributed by atoms with van der Waals surface area (Å²) in [7, 11) is 0. The van der Waals surface area contributed by atoms with Crippen LogP contribution in [-0.2, 0) is 14.3 Å². The highest BCUT2D eigenvalue weighted by Gasteiger charge is 2.36. The Morgan fingerprint density at radius 3 is 2.82 bits per heavy atom. The Morgan fingerprint density at radius 2 is 2.18 bits per heavy atom. The molecule has 0 spiro atoms. The summed E-state index contributed by atoms with van der Waals surface area (Å²) in [5.41, 5.74) is 0.281. The third-order valence-electron chi connectivity index (χ3n) is 3.22. The number of ether oxygens (including phenoxy) is 2. The van der Waals surface area contributed by atoms with Crippen LogP contribution in [0, 0.1) is 0 Å². The van der Waals surface area contributed by atoms with Gasteiger partial charge >= 0.3 is 5.97 Å². The molecule has 0 aliphatic carbocycles. The van der Waals surface area contributed by atoms with Crippen molar-refractivity contribution in [2.24, 2.45) is 0 Å². The SMILES string of the molecule is CC(C)(C)OC(=O)C1OCCCNC1c1ccc(Br)cc1Cl. The first-order valence-corrected chi connectivity index (χ1v) is 8.48. The molecular formula is C16H21BrClNO3. The highest BCUT2D eigenvalue weighted by Crippen LogP contribution is 2.31. The lowest BCUT2D eigenvalue weighted by Gasteiger charge is -2.28. The van der Waals surface area contributed by atoms with Crippen molar-refractivity contribution >= 4 is 33.5 Å². The van der Waals surface area contributed by atoms with E-state index in [0.717, 1.165) is 23.0 Å². The molecule has 0 aromatic heterocycles. The average Bonchev–Trinajstić information content (AvgIpc) is 2.62. The lowest BCUT2D eigenvalue weighted by molar-refractivity contribution is -0.170. The Hall–Kier alpha value is -0.620. The van der Waals surface area contributed by atoms with E-state index in [9.17, 15) is 4.79 Å². The summed E-state index contributed by atoms with van der Waals surface area (Å²) in [6.07, 6.45) is 0.129. The molecule has 1 saturated heterocycles. The average molecular weight is 391 g/mol. The monoisotopic (exact) mass is 389 g/mol. The number of hydrogen-bond acceptors (Lipinski definition) is 4. The van der Waals surface area contributed by atoms with Gasteiger partial charge in [-0.3, -0.25) is 0 Å². The molecule has 2 unspecified atom stereocenters. The number of rotatable bonds is 2. The zero-order valence-corrected chi connectivity index (χ0v) is 15.3. The molecule has 4 nitrogen and oxygen atoms in total. The summed E-state index contributed by atoms with van der Waals surface area (Å²) < 4.78 is 12.1. The fourth-order valence-electron chi connectivity index (χ4n) is 2.33. The Kier molecular flexibility index (Phi) is 5.88. The molecule has 0 radical (unpaired) electrons. The number of halogens is 2. The lowest BCUT2D eigenvalue weighted by Crippen LogP contribution is -2.41. The van der Waals surface area contributed by atoms with Gasteiger partial charge in [-0.05, 0) is 51.4 Å². The van der Waals surface area contributed by atoms with Gasteiger partial charge in [-0.2, -0.15) is 0 Å². The lowest BCUT2D eigenvalue weighted by atomic mass is 10.0. The largest absolute Gasteiger partial charge is 0.458 e. The maximum absolute atomic E-state index is 12.5. The highest BCUT2D eigenvalue weighted by molar-refractivity contribution is 9.10. The second-order valence-electron chi connectivity index (χ2n) is 6.28. The van der Waals surface area contributed by atoms with Crippen LogP contribution >= 0.6 is 27.5 Å². The minimum atomic E-state index is -0.708. The predicted octanol–water partition coefficient (Wildman–Crippen LogP) is 3.86. The second-order valence-corrected chi connectivity index (χ2v) is 7.60. The first kappa shape index (κ1) is 17.7. The summed E-state index contributed by atoms with van der Waals surface area (Å²) in [6, 6.07) is 5.30. The molecule has 1 fully saturated rings. The van der Waals surface area contributed by atoms with Crippen molar-refractivity contribution in [3.63, 3.8) is 0 Å². The van der Waals surface area contributed by atoms with Gasteiger partial charge in [-0.15, -0.1) is 0 Å². The first-order valence-electron chi connectivity index (χ1n) is 7.31. The smallest absolute Gasteiger partial charge is 0.337 e. The van der Waals surface area contributed by atoms with E-state index in [-0.39, 0.29) is 12.0 Å². The molecule has 0 saturated carbocycles. The van der Waals surface area contributed by atoms with Gasteiger partial charge in [0.05, 0.1) is 6.04 Å². The van der Waals surface area contributed by atoms with Gasteiger partial charge in [0.1, 0.15) is 5.60 Å². The summed E-state index contributed by atoms with van der Waals surface area (Å²) in [4.78, 5) is 12.5. The topological polar surface area (TPSA) is 47.6 Å². The molecule has 0 amide bonds. The molecule has 0 bridgehead atoms. The molecule has 2 atom stereocenters. The maximum Gasteiger partial charge on any atom is 0.337 e. The number of hydrogen-bond donors (Lipinski definition) is 1. The number of nitrogens with one attached hydrogen (secondary N) is 1. The minimum Gasteiger partial charge on any atom is -0.458 e. The second kappa shape index (κ2) is 7.30. The third-order valence-corrected chi connectivity index (χ3v) is 4.04. The van der Waals surface area contributed by atoms with Crippen molar-refractivity contribution in [1.29, 1.82) is 0 Å². The van der Waals surface area contributed by atoms with Crippen molar-refractivity contribution in [3.05, 3.63) is 33.3 Å². The van der Waals surface area contributed by atoms with E-state index in [1.165, 1.54) is 0 Å². The molecule has 2 rings (SSSR count). The molecule has 1 aliphatic heterocycles. The van der Waals surface area contributed by atoms with E-state index in [4.69, 9.17) is 21.1 Å². The highest BCUT2D eigenvalue weighted by atomic mass is 79.9. The molecule has 1 aromatic rings. The van der Waals surface area contributed by atoms with Crippen molar-refractivity contribution in [3.8, 4) is 0 Å². The maximum atomic E-state index is 12.5. The zero-order valence-electron chi connectivity index (χ0n) is 13.0. The van der Waals surface area contributed by atoms with Gasteiger partial charge in [0, 0.05) is 16.1 Å². The minimum absolute atomic E-state index is 0.321. The molecule has 1 aromatic carbocycles. The Morgan fingerprint density at radius 1 is 1.45 bits per heavy atom. The van der Waals surface area contributed by atoms with Crippen molar-refractivity contribution in [2.45, 2.75) is 44.9 Å². The van der Waals surface area contributed by atoms with Gasteiger partial charge < -0.3 is 14.8 Å². The summed E-state index contributed by atoms with van der Waals surface area (Å²) in [5.74, 6) is -0.370. The van der Waals surface area contributed by atoms with E-state index >= 15 is 0 Å². The van der Waals surface area contributed by atoms with E-state index in [0.29, 0.717) is 11.6 Å². The van der Waals surface area contributed by atoms with Crippen LogP contribution in [0.5, 0.6) is 0 Å². The van der Waals surface area contributed by atoms with Gasteiger partial charge in [-0.25, -0.2) is 4.79 Å².